The molecular formula is C22H27N5OS2. The van der Waals surface area contributed by atoms with Gasteiger partial charge in [-0.2, -0.15) is 0 Å². The molecule has 0 atom stereocenters. The number of benzene rings is 2. The zero-order valence-corrected chi connectivity index (χ0v) is 19.1. The quantitative estimate of drug-likeness (QED) is 0.426. The monoisotopic (exact) mass is 441 g/mol. The molecule has 158 valence electrons. The van der Waals surface area contributed by atoms with Crippen molar-refractivity contribution in [1.29, 1.82) is 0 Å². The topological polar surface area (TPSA) is 70.2 Å². The molecule has 6 nitrogen and oxygen atoms in total. The lowest BCUT2D eigenvalue weighted by molar-refractivity contribution is -0.113. The van der Waals surface area contributed by atoms with E-state index < -0.39 is 0 Å². The van der Waals surface area contributed by atoms with E-state index in [-0.39, 0.29) is 5.91 Å². The summed E-state index contributed by atoms with van der Waals surface area (Å²) in [4.78, 5) is 14.6. The van der Waals surface area contributed by atoms with E-state index in [4.69, 9.17) is 0 Å². The molecule has 8 heteroatoms. The van der Waals surface area contributed by atoms with Gasteiger partial charge in [0, 0.05) is 30.5 Å². The minimum Gasteiger partial charge on any atom is -0.369 e. The number of hydrogen-bond acceptors (Lipinski definition) is 7. The number of amides is 1. The zero-order valence-electron chi connectivity index (χ0n) is 17.5. The summed E-state index contributed by atoms with van der Waals surface area (Å²) in [6.45, 7) is 8.13. The number of nitrogens with zero attached hydrogens (tertiary/aromatic N) is 3. The molecular weight excluding hydrogens is 414 g/mol. The zero-order chi connectivity index (χ0) is 21.3. The van der Waals surface area contributed by atoms with E-state index in [0.717, 1.165) is 27.4 Å². The summed E-state index contributed by atoms with van der Waals surface area (Å²) >= 11 is 2.85. The number of aromatic nitrogens is 2. The molecule has 0 bridgehead atoms. The number of anilines is 3. The third-order valence-corrected chi connectivity index (χ3v) is 6.48. The molecule has 2 N–H and O–H groups in total. The lowest BCUT2D eigenvalue weighted by atomic mass is 10.2. The van der Waals surface area contributed by atoms with Gasteiger partial charge in [0.05, 0.1) is 5.75 Å². The van der Waals surface area contributed by atoms with E-state index in [1.165, 1.54) is 28.7 Å². The average molecular weight is 442 g/mol. The third kappa shape index (κ3) is 6.47. The van der Waals surface area contributed by atoms with Gasteiger partial charge in [-0.1, -0.05) is 53.4 Å². The Bertz CT molecular complexity index is 928. The van der Waals surface area contributed by atoms with Crippen molar-refractivity contribution >= 4 is 45.5 Å². The van der Waals surface area contributed by atoms with Crippen LogP contribution in [0.25, 0.3) is 0 Å². The number of hydrogen-bond donors (Lipinski definition) is 2. The number of rotatable bonds is 10. The van der Waals surface area contributed by atoms with Gasteiger partial charge in [-0.3, -0.25) is 4.79 Å². The molecule has 2 aromatic carbocycles. The Balaban J connectivity index is 1.45. The first kappa shape index (κ1) is 22.1. The van der Waals surface area contributed by atoms with Gasteiger partial charge in [0.2, 0.25) is 11.0 Å². The summed E-state index contributed by atoms with van der Waals surface area (Å²) in [5, 5.41) is 15.2. The summed E-state index contributed by atoms with van der Waals surface area (Å²) in [6.07, 6.45) is 0. The molecule has 1 heterocycles. The van der Waals surface area contributed by atoms with Crippen LogP contribution >= 0.6 is 23.1 Å². The Morgan fingerprint density at radius 2 is 1.83 bits per heavy atom. The summed E-state index contributed by atoms with van der Waals surface area (Å²) in [7, 11) is 0. The van der Waals surface area contributed by atoms with Crippen LogP contribution in [0.1, 0.15) is 26.3 Å². The fourth-order valence-corrected chi connectivity index (χ4v) is 4.57. The number of thioether (sulfide) groups is 1. The highest BCUT2D eigenvalue weighted by atomic mass is 32.2. The molecule has 0 saturated carbocycles. The van der Waals surface area contributed by atoms with Crippen LogP contribution in [0.5, 0.6) is 0 Å². The molecule has 0 aliphatic rings. The van der Waals surface area contributed by atoms with Crippen LogP contribution in [-0.2, 0) is 11.3 Å². The van der Waals surface area contributed by atoms with Crippen LogP contribution in [0, 0.1) is 0 Å². The van der Waals surface area contributed by atoms with E-state index in [1.54, 1.807) is 0 Å². The molecule has 0 radical (unpaired) electrons. The van der Waals surface area contributed by atoms with Gasteiger partial charge in [-0.05, 0) is 50.6 Å². The Hall–Kier alpha value is -2.58. The third-order valence-electron chi connectivity index (χ3n) is 4.47. The molecule has 3 rings (SSSR count). The van der Waals surface area contributed by atoms with Crippen molar-refractivity contribution in [1.82, 2.24) is 10.2 Å². The Labute approximate surface area is 186 Å². The fraction of sp³-hybridized carbons (Fsp3) is 0.318. The Morgan fingerprint density at radius 3 is 2.50 bits per heavy atom. The summed E-state index contributed by atoms with van der Waals surface area (Å²) in [5.74, 6) is 0.236. The van der Waals surface area contributed by atoms with Crippen molar-refractivity contribution in [3.05, 3.63) is 60.2 Å². The average Bonchev–Trinajstić information content (AvgIpc) is 3.21. The first-order valence-corrected chi connectivity index (χ1v) is 11.8. The van der Waals surface area contributed by atoms with Crippen LogP contribution < -0.4 is 15.5 Å². The summed E-state index contributed by atoms with van der Waals surface area (Å²) < 4.78 is 0.770. The molecule has 0 unspecified atom stereocenters. The predicted octanol–water partition coefficient (Wildman–Crippen LogP) is 5.12. The van der Waals surface area contributed by atoms with E-state index in [9.17, 15) is 4.79 Å². The highest BCUT2D eigenvalue weighted by molar-refractivity contribution is 8.01. The first-order valence-electron chi connectivity index (χ1n) is 9.95. The van der Waals surface area contributed by atoms with Crippen molar-refractivity contribution in [2.24, 2.45) is 0 Å². The first-order chi connectivity index (χ1) is 14.5. The van der Waals surface area contributed by atoms with Crippen LogP contribution in [-0.4, -0.2) is 34.4 Å². The largest absolute Gasteiger partial charge is 0.369 e. The lowest BCUT2D eigenvalue weighted by Crippen LogP contribution is -2.30. The molecule has 0 aliphatic carbocycles. The van der Waals surface area contributed by atoms with Crippen molar-refractivity contribution in [3.63, 3.8) is 0 Å². The van der Waals surface area contributed by atoms with Gasteiger partial charge in [0.25, 0.3) is 0 Å². The molecule has 1 aromatic heterocycles. The van der Waals surface area contributed by atoms with Crippen molar-refractivity contribution in [3.8, 4) is 0 Å². The summed E-state index contributed by atoms with van der Waals surface area (Å²) in [6, 6.07) is 18.5. The second-order valence-electron chi connectivity index (χ2n) is 6.98. The minimum absolute atomic E-state index is 0.0575. The fourth-order valence-electron chi connectivity index (χ4n) is 3.02. The van der Waals surface area contributed by atoms with Gasteiger partial charge in [0.1, 0.15) is 0 Å². The molecule has 0 saturated heterocycles. The Kier molecular flexibility index (Phi) is 8.10. The van der Waals surface area contributed by atoms with Gasteiger partial charge < -0.3 is 15.5 Å². The summed E-state index contributed by atoms with van der Waals surface area (Å²) in [5.41, 5.74) is 3.14. The SMILES string of the molecule is CCN(c1ccc(NC(=O)CSc2nnc(NCc3ccccc3)s2)cc1)C(C)C. The standard InChI is InChI=1S/C22H27N5OS2/c1-4-27(16(2)3)19-12-10-18(11-13-19)24-20(28)15-29-22-26-25-21(30-22)23-14-17-8-6-5-7-9-17/h5-13,16H,4,14-15H2,1-3H3,(H,23,25)(H,24,28). The molecule has 0 spiro atoms. The molecule has 3 aromatic rings. The molecule has 1 amide bonds. The van der Waals surface area contributed by atoms with Crippen molar-refractivity contribution in [2.75, 3.05) is 27.8 Å². The van der Waals surface area contributed by atoms with E-state index >= 15 is 0 Å². The van der Waals surface area contributed by atoms with E-state index in [2.05, 4.69) is 58.6 Å². The lowest BCUT2D eigenvalue weighted by Gasteiger charge is -2.27. The van der Waals surface area contributed by atoms with Gasteiger partial charge in [0.15, 0.2) is 4.34 Å². The number of carbonyl (C=O) groups excluding carboxylic acids is 1. The molecule has 0 fully saturated rings. The van der Waals surface area contributed by atoms with E-state index in [0.29, 0.717) is 18.3 Å². The number of nitrogens with one attached hydrogen (secondary N) is 2. The normalized spacial score (nSPS) is 10.8. The van der Waals surface area contributed by atoms with Crippen LogP contribution in [0.15, 0.2) is 58.9 Å². The van der Waals surface area contributed by atoms with Crippen LogP contribution in [0.2, 0.25) is 0 Å². The second-order valence-corrected chi connectivity index (χ2v) is 9.18. The van der Waals surface area contributed by atoms with E-state index in [1.807, 2.05) is 42.5 Å². The van der Waals surface area contributed by atoms with Crippen molar-refractivity contribution < 1.29 is 4.79 Å². The van der Waals surface area contributed by atoms with Crippen LogP contribution in [0.4, 0.5) is 16.5 Å². The maximum Gasteiger partial charge on any atom is 0.234 e. The number of carbonyl (C=O) groups is 1. The van der Waals surface area contributed by atoms with Crippen LogP contribution in [0.3, 0.4) is 0 Å². The smallest absolute Gasteiger partial charge is 0.234 e. The molecule has 30 heavy (non-hydrogen) atoms. The predicted molar refractivity (Wildman–Crippen MR) is 128 cm³/mol. The second kappa shape index (κ2) is 11.0. The molecule has 0 aliphatic heterocycles. The highest BCUT2D eigenvalue weighted by Gasteiger charge is 2.10. The Morgan fingerprint density at radius 1 is 1.10 bits per heavy atom. The van der Waals surface area contributed by atoms with Crippen molar-refractivity contribution in [2.45, 2.75) is 37.7 Å². The van der Waals surface area contributed by atoms with Gasteiger partial charge in [-0.25, -0.2) is 0 Å². The maximum absolute atomic E-state index is 12.3. The highest BCUT2D eigenvalue weighted by Crippen LogP contribution is 2.26. The minimum atomic E-state index is -0.0575. The maximum atomic E-state index is 12.3. The van der Waals surface area contributed by atoms with Gasteiger partial charge in [-0.15, -0.1) is 10.2 Å². The van der Waals surface area contributed by atoms with Gasteiger partial charge >= 0.3 is 0 Å².